The summed E-state index contributed by atoms with van der Waals surface area (Å²) >= 11 is 0. The number of hydrogen-bond acceptors (Lipinski definition) is 5. The van der Waals surface area contributed by atoms with Gasteiger partial charge in [0.15, 0.2) is 17.2 Å². The normalized spacial score (nSPS) is 18.2. The van der Waals surface area contributed by atoms with Crippen LogP contribution in [0.1, 0.15) is 22.2 Å². The Labute approximate surface area is 136 Å². The van der Waals surface area contributed by atoms with E-state index in [2.05, 4.69) is 10.1 Å². The predicted molar refractivity (Wildman–Crippen MR) is 81.8 cm³/mol. The third kappa shape index (κ3) is 2.26. The van der Waals surface area contributed by atoms with Crippen LogP contribution in [0.25, 0.3) is 11.0 Å². The molecule has 1 saturated heterocycles. The highest BCUT2D eigenvalue weighted by Gasteiger charge is 2.33. The van der Waals surface area contributed by atoms with Crippen LogP contribution in [0.5, 0.6) is 0 Å². The quantitative estimate of drug-likeness (QED) is 0.718. The molecule has 1 aliphatic heterocycles. The fourth-order valence-electron chi connectivity index (χ4n) is 3.04. The van der Waals surface area contributed by atoms with Gasteiger partial charge in [0.1, 0.15) is 12.4 Å². The lowest BCUT2D eigenvalue weighted by Gasteiger charge is -2.35. The second kappa shape index (κ2) is 5.72. The van der Waals surface area contributed by atoms with Crippen molar-refractivity contribution in [3.8, 4) is 0 Å². The van der Waals surface area contributed by atoms with Crippen LogP contribution >= 0.6 is 0 Å². The average molecular weight is 330 g/mol. The molecule has 0 N–H and O–H groups in total. The van der Waals surface area contributed by atoms with Gasteiger partial charge in [-0.2, -0.15) is 5.10 Å². The maximum absolute atomic E-state index is 13.8. The van der Waals surface area contributed by atoms with Gasteiger partial charge in [0, 0.05) is 19.0 Å². The van der Waals surface area contributed by atoms with Crippen molar-refractivity contribution in [1.82, 2.24) is 19.7 Å². The van der Waals surface area contributed by atoms with Gasteiger partial charge in [-0.15, -0.1) is 0 Å². The van der Waals surface area contributed by atoms with E-state index in [0.29, 0.717) is 36.5 Å². The van der Waals surface area contributed by atoms with Crippen molar-refractivity contribution in [3.63, 3.8) is 0 Å². The molecule has 0 aliphatic carbocycles. The molecule has 1 unspecified atom stereocenters. The van der Waals surface area contributed by atoms with E-state index in [9.17, 15) is 9.18 Å². The van der Waals surface area contributed by atoms with Gasteiger partial charge in [0.2, 0.25) is 0 Å². The molecule has 1 fully saturated rings. The Bertz CT molecular complexity index is 904. The van der Waals surface area contributed by atoms with Crippen molar-refractivity contribution < 1.29 is 18.3 Å². The summed E-state index contributed by atoms with van der Waals surface area (Å²) in [4.78, 5) is 19.0. The van der Waals surface area contributed by atoms with E-state index in [1.165, 1.54) is 24.7 Å². The first-order valence-electron chi connectivity index (χ1n) is 7.55. The smallest absolute Gasteiger partial charge is 0.255 e. The Morgan fingerprint density at radius 2 is 2.25 bits per heavy atom. The zero-order valence-corrected chi connectivity index (χ0v) is 13.0. The van der Waals surface area contributed by atoms with Gasteiger partial charge in [-0.1, -0.05) is 0 Å². The molecular weight excluding hydrogens is 315 g/mol. The van der Waals surface area contributed by atoms with Crippen LogP contribution in [0, 0.1) is 5.82 Å². The molecule has 1 amide bonds. The molecule has 1 atom stereocenters. The molecule has 2 aromatic heterocycles. The molecule has 7 nitrogen and oxygen atoms in total. The number of carbonyl (C=O) groups excluding carboxylic acids is 1. The van der Waals surface area contributed by atoms with Gasteiger partial charge in [-0.3, -0.25) is 9.48 Å². The van der Waals surface area contributed by atoms with Crippen LogP contribution < -0.4 is 0 Å². The van der Waals surface area contributed by atoms with Crippen molar-refractivity contribution in [1.29, 1.82) is 0 Å². The summed E-state index contributed by atoms with van der Waals surface area (Å²) in [5.74, 6) is -0.0512. The molecule has 0 radical (unpaired) electrons. The van der Waals surface area contributed by atoms with Crippen LogP contribution in [0.3, 0.4) is 0 Å². The number of nitrogens with zero attached hydrogens (tertiary/aromatic N) is 4. The standard InChI is InChI=1S/C16H15FN4O3/c1-20-15(18-9-19-20)13-8-23-7-5-21(13)16(22)11-2-3-12(17)14-10(11)4-6-24-14/h2-4,6,9,13H,5,7-8H2,1H3. The van der Waals surface area contributed by atoms with Gasteiger partial charge < -0.3 is 14.1 Å². The molecule has 1 aliphatic rings. The van der Waals surface area contributed by atoms with Gasteiger partial charge in [-0.05, 0) is 18.2 Å². The van der Waals surface area contributed by atoms with Crippen LogP contribution in [-0.2, 0) is 11.8 Å². The summed E-state index contributed by atoms with van der Waals surface area (Å²) in [6.07, 6.45) is 2.82. The Morgan fingerprint density at radius 1 is 1.38 bits per heavy atom. The summed E-state index contributed by atoms with van der Waals surface area (Å²) in [5.41, 5.74) is 0.485. The summed E-state index contributed by atoms with van der Waals surface area (Å²) in [6.45, 7) is 1.21. The molecule has 0 spiro atoms. The number of rotatable bonds is 2. The number of ether oxygens (including phenoxy) is 1. The van der Waals surface area contributed by atoms with Gasteiger partial charge >= 0.3 is 0 Å². The number of aryl methyl sites for hydroxylation is 1. The van der Waals surface area contributed by atoms with E-state index in [-0.39, 0.29) is 17.5 Å². The molecular formula is C16H15FN4O3. The van der Waals surface area contributed by atoms with Gasteiger partial charge in [-0.25, -0.2) is 9.37 Å². The third-order valence-electron chi connectivity index (χ3n) is 4.23. The largest absolute Gasteiger partial charge is 0.461 e. The molecule has 124 valence electrons. The van der Waals surface area contributed by atoms with Crippen LogP contribution in [0.15, 0.2) is 35.2 Å². The first-order valence-corrected chi connectivity index (χ1v) is 7.55. The van der Waals surface area contributed by atoms with Crippen LogP contribution in [0.2, 0.25) is 0 Å². The highest BCUT2D eigenvalue weighted by atomic mass is 19.1. The summed E-state index contributed by atoms with van der Waals surface area (Å²) in [5, 5.41) is 4.52. The number of aromatic nitrogens is 3. The highest BCUT2D eigenvalue weighted by Crippen LogP contribution is 2.28. The molecule has 0 bridgehead atoms. The average Bonchev–Trinajstić information content (AvgIpc) is 3.24. The molecule has 3 aromatic rings. The number of halogens is 1. The monoisotopic (exact) mass is 330 g/mol. The third-order valence-corrected chi connectivity index (χ3v) is 4.23. The highest BCUT2D eigenvalue weighted by molar-refractivity contribution is 6.06. The van der Waals surface area contributed by atoms with Gasteiger partial charge in [0.25, 0.3) is 5.91 Å². The fourth-order valence-corrected chi connectivity index (χ4v) is 3.04. The van der Waals surface area contributed by atoms with E-state index in [4.69, 9.17) is 9.15 Å². The number of carbonyl (C=O) groups is 1. The number of amides is 1. The maximum Gasteiger partial charge on any atom is 0.255 e. The Kier molecular flexibility index (Phi) is 3.53. The molecule has 1 aromatic carbocycles. The Morgan fingerprint density at radius 3 is 3.04 bits per heavy atom. The van der Waals surface area contributed by atoms with Crippen LogP contribution in [0.4, 0.5) is 4.39 Å². The van der Waals surface area contributed by atoms with Crippen molar-refractivity contribution in [2.24, 2.45) is 7.05 Å². The predicted octanol–water partition coefficient (Wildman–Crippen LogP) is 1.91. The van der Waals surface area contributed by atoms with Gasteiger partial charge in [0.05, 0.1) is 25.0 Å². The number of fused-ring (bicyclic) bond motifs is 1. The fraction of sp³-hybridized carbons (Fsp3) is 0.312. The lowest BCUT2D eigenvalue weighted by Crippen LogP contribution is -2.44. The van der Waals surface area contributed by atoms with Crippen LogP contribution in [-0.4, -0.2) is 45.3 Å². The topological polar surface area (TPSA) is 73.4 Å². The van der Waals surface area contributed by atoms with E-state index < -0.39 is 5.82 Å². The second-order valence-corrected chi connectivity index (χ2v) is 5.59. The molecule has 4 rings (SSSR count). The summed E-state index contributed by atoms with van der Waals surface area (Å²) < 4.78 is 26.1. The van der Waals surface area contributed by atoms with Crippen molar-refractivity contribution in [3.05, 3.63) is 48.0 Å². The second-order valence-electron chi connectivity index (χ2n) is 5.59. The summed E-state index contributed by atoms with van der Waals surface area (Å²) in [6, 6.07) is 3.99. The summed E-state index contributed by atoms with van der Waals surface area (Å²) in [7, 11) is 1.77. The molecule has 0 saturated carbocycles. The first-order chi connectivity index (χ1) is 11.7. The lowest BCUT2D eigenvalue weighted by molar-refractivity contribution is -0.00608. The molecule has 24 heavy (non-hydrogen) atoms. The maximum atomic E-state index is 13.8. The van der Waals surface area contributed by atoms with Crippen molar-refractivity contribution >= 4 is 16.9 Å². The Balaban J connectivity index is 1.75. The van der Waals surface area contributed by atoms with Crippen molar-refractivity contribution in [2.75, 3.05) is 19.8 Å². The van der Waals surface area contributed by atoms with E-state index in [1.54, 1.807) is 22.7 Å². The number of morpholine rings is 1. The molecule has 3 heterocycles. The zero-order chi connectivity index (χ0) is 16.7. The molecule has 8 heteroatoms. The van der Waals surface area contributed by atoms with E-state index in [0.717, 1.165) is 0 Å². The number of furan rings is 1. The lowest BCUT2D eigenvalue weighted by atomic mass is 10.1. The minimum atomic E-state index is -0.488. The minimum absolute atomic E-state index is 0.0873. The van der Waals surface area contributed by atoms with E-state index in [1.807, 2.05) is 0 Å². The van der Waals surface area contributed by atoms with E-state index >= 15 is 0 Å². The van der Waals surface area contributed by atoms with Crippen molar-refractivity contribution in [2.45, 2.75) is 6.04 Å². The number of benzene rings is 1. The minimum Gasteiger partial charge on any atom is -0.461 e. The Hall–Kier alpha value is -2.74. The SMILES string of the molecule is Cn1ncnc1C1COCCN1C(=O)c1ccc(F)c2occc12. The zero-order valence-electron chi connectivity index (χ0n) is 13.0. The number of hydrogen-bond donors (Lipinski definition) is 0. The first kappa shape index (κ1) is 14.8.